The predicted octanol–water partition coefficient (Wildman–Crippen LogP) is 2.71. The van der Waals surface area contributed by atoms with Crippen LogP contribution in [0.2, 0.25) is 0 Å². The molecule has 148 valence electrons. The van der Waals surface area contributed by atoms with E-state index in [2.05, 4.69) is 0 Å². The Hall–Kier alpha value is -2.93. The van der Waals surface area contributed by atoms with Gasteiger partial charge in [0.15, 0.2) is 5.58 Å². The molecule has 0 radical (unpaired) electrons. The summed E-state index contributed by atoms with van der Waals surface area (Å²) in [5.74, 6) is -0.951. The summed E-state index contributed by atoms with van der Waals surface area (Å²) in [6.45, 7) is 1.54. The fraction of sp³-hybridized carbons (Fsp3) is 0.333. The van der Waals surface area contributed by atoms with Crippen LogP contribution in [0.5, 0.6) is 0 Å². The monoisotopic (exact) mass is 385 g/mol. The van der Waals surface area contributed by atoms with E-state index < -0.39 is 5.76 Å². The summed E-state index contributed by atoms with van der Waals surface area (Å²) >= 11 is 0. The van der Waals surface area contributed by atoms with Gasteiger partial charge in [-0.1, -0.05) is 30.3 Å². The molecule has 0 bridgehead atoms. The van der Waals surface area contributed by atoms with Crippen molar-refractivity contribution in [2.24, 2.45) is 0 Å². The first-order valence-corrected chi connectivity index (χ1v) is 9.20. The molecular formula is C21H24FN3O3. The molecule has 3 rings (SSSR count). The van der Waals surface area contributed by atoms with Crippen molar-refractivity contribution in [3.63, 3.8) is 0 Å². The maximum atomic E-state index is 14.0. The lowest BCUT2D eigenvalue weighted by Gasteiger charge is -2.25. The number of aromatic nitrogens is 1. The van der Waals surface area contributed by atoms with Gasteiger partial charge in [0, 0.05) is 38.2 Å². The van der Waals surface area contributed by atoms with Crippen molar-refractivity contribution in [2.45, 2.75) is 19.5 Å². The Labute approximate surface area is 162 Å². The van der Waals surface area contributed by atoms with Gasteiger partial charge in [-0.3, -0.25) is 9.36 Å². The summed E-state index contributed by atoms with van der Waals surface area (Å²) in [5.41, 5.74) is 1.63. The SMILES string of the molecule is CN(C)CCN(Cc1ccccc1F)C(=O)CCn1c(=O)oc2ccccc21. The third-order valence-electron chi connectivity index (χ3n) is 4.61. The second-order valence-electron chi connectivity index (χ2n) is 6.95. The molecule has 1 amide bonds. The molecule has 0 unspecified atom stereocenters. The van der Waals surface area contributed by atoms with Gasteiger partial charge in [0.1, 0.15) is 5.82 Å². The fourth-order valence-corrected chi connectivity index (χ4v) is 3.04. The summed E-state index contributed by atoms with van der Waals surface area (Å²) in [7, 11) is 3.84. The third-order valence-corrected chi connectivity index (χ3v) is 4.61. The number of oxazole rings is 1. The minimum absolute atomic E-state index is 0.130. The number of amides is 1. The highest BCUT2D eigenvalue weighted by atomic mass is 19.1. The molecule has 0 aliphatic rings. The minimum Gasteiger partial charge on any atom is -0.408 e. The molecule has 0 saturated heterocycles. The van der Waals surface area contributed by atoms with Gasteiger partial charge in [0.25, 0.3) is 0 Å². The number of likely N-dealkylation sites (N-methyl/N-ethyl adjacent to an activating group) is 1. The largest absolute Gasteiger partial charge is 0.419 e. The van der Waals surface area contributed by atoms with Gasteiger partial charge in [-0.15, -0.1) is 0 Å². The number of hydrogen-bond acceptors (Lipinski definition) is 4. The summed E-state index contributed by atoms with van der Waals surface area (Å²) in [4.78, 5) is 28.5. The lowest BCUT2D eigenvalue weighted by Crippen LogP contribution is -2.37. The van der Waals surface area contributed by atoms with Crippen molar-refractivity contribution in [3.8, 4) is 0 Å². The zero-order valence-electron chi connectivity index (χ0n) is 16.1. The van der Waals surface area contributed by atoms with Crippen LogP contribution >= 0.6 is 0 Å². The maximum Gasteiger partial charge on any atom is 0.419 e. The number of fused-ring (bicyclic) bond motifs is 1. The number of rotatable bonds is 8. The van der Waals surface area contributed by atoms with Gasteiger partial charge >= 0.3 is 5.76 Å². The smallest absolute Gasteiger partial charge is 0.408 e. The van der Waals surface area contributed by atoms with Crippen molar-refractivity contribution in [3.05, 3.63) is 70.5 Å². The molecule has 0 aliphatic carbocycles. The highest BCUT2D eigenvalue weighted by Crippen LogP contribution is 2.14. The van der Waals surface area contributed by atoms with Crippen LogP contribution in [-0.4, -0.2) is 47.5 Å². The Morgan fingerprint density at radius 3 is 2.54 bits per heavy atom. The Kier molecular flexibility index (Phi) is 6.26. The quantitative estimate of drug-likeness (QED) is 0.598. The van der Waals surface area contributed by atoms with E-state index in [0.717, 1.165) is 0 Å². The normalized spacial score (nSPS) is 11.3. The average molecular weight is 385 g/mol. The molecule has 2 aromatic carbocycles. The first kappa shape index (κ1) is 19.8. The molecule has 0 saturated carbocycles. The van der Waals surface area contributed by atoms with Crippen LogP contribution in [0.4, 0.5) is 4.39 Å². The predicted molar refractivity (Wildman–Crippen MR) is 105 cm³/mol. The Morgan fingerprint density at radius 2 is 1.79 bits per heavy atom. The number of carbonyl (C=O) groups is 1. The van der Waals surface area contributed by atoms with E-state index in [4.69, 9.17) is 4.42 Å². The molecule has 1 heterocycles. The van der Waals surface area contributed by atoms with Crippen LogP contribution in [0.3, 0.4) is 0 Å². The van der Waals surface area contributed by atoms with Crippen molar-refractivity contribution in [2.75, 3.05) is 27.2 Å². The van der Waals surface area contributed by atoms with E-state index in [1.54, 1.807) is 41.3 Å². The van der Waals surface area contributed by atoms with Gasteiger partial charge in [0.2, 0.25) is 5.91 Å². The van der Waals surface area contributed by atoms with E-state index in [0.29, 0.717) is 29.8 Å². The molecule has 0 N–H and O–H groups in total. The van der Waals surface area contributed by atoms with E-state index in [-0.39, 0.29) is 31.2 Å². The van der Waals surface area contributed by atoms with Gasteiger partial charge in [-0.25, -0.2) is 9.18 Å². The number of carbonyl (C=O) groups excluding carboxylic acids is 1. The number of benzene rings is 2. The number of aryl methyl sites for hydroxylation is 1. The topological polar surface area (TPSA) is 58.7 Å². The van der Waals surface area contributed by atoms with Crippen LogP contribution in [0, 0.1) is 5.82 Å². The molecule has 0 fully saturated rings. The Bertz CT molecular complexity index is 1010. The molecule has 7 heteroatoms. The summed E-state index contributed by atoms with van der Waals surface area (Å²) in [6.07, 6.45) is 0.130. The number of halogens is 1. The molecule has 6 nitrogen and oxygen atoms in total. The first-order valence-electron chi connectivity index (χ1n) is 9.20. The van der Waals surface area contributed by atoms with Gasteiger partial charge in [-0.05, 0) is 32.3 Å². The molecule has 0 atom stereocenters. The molecule has 0 aliphatic heterocycles. The highest BCUT2D eigenvalue weighted by Gasteiger charge is 2.17. The Balaban J connectivity index is 1.74. The maximum absolute atomic E-state index is 14.0. The summed E-state index contributed by atoms with van der Waals surface area (Å²) < 4.78 is 20.7. The molecular weight excluding hydrogens is 361 g/mol. The van der Waals surface area contributed by atoms with Crippen LogP contribution in [-0.2, 0) is 17.9 Å². The van der Waals surface area contributed by atoms with Crippen molar-refractivity contribution in [1.29, 1.82) is 0 Å². The van der Waals surface area contributed by atoms with Gasteiger partial charge < -0.3 is 14.2 Å². The lowest BCUT2D eigenvalue weighted by molar-refractivity contribution is -0.132. The summed E-state index contributed by atoms with van der Waals surface area (Å²) in [6, 6.07) is 13.6. The standard InChI is InChI=1S/C21H24FN3O3/c1-23(2)13-14-24(15-16-7-3-4-8-17(16)22)20(26)11-12-25-18-9-5-6-10-19(18)28-21(25)27/h3-10H,11-15H2,1-2H3. The minimum atomic E-state index is -0.483. The fourth-order valence-electron chi connectivity index (χ4n) is 3.04. The van der Waals surface area contributed by atoms with Crippen molar-refractivity contribution in [1.82, 2.24) is 14.4 Å². The molecule has 28 heavy (non-hydrogen) atoms. The third kappa shape index (κ3) is 4.67. The van der Waals surface area contributed by atoms with Crippen molar-refractivity contribution < 1.29 is 13.6 Å². The van der Waals surface area contributed by atoms with Gasteiger partial charge in [0.05, 0.1) is 5.52 Å². The first-order chi connectivity index (χ1) is 13.5. The second-order valence-corrected chi connectivity index (χ2v) is 6.95. The zero-order valence-corrected chi connectivity index (χ0v) is 16.1. The van der Waals surface area contributed by atoms with E-state index in [9.17, 15) is 14.0 Å². The number of hydrogen-bond donors (Lipinski definition) is 0. The molecule has 0 spiro atoms. The number of para-hydroxylation sites is 2. The lowest BCUT2D eigenvalue weighted by atomic mass is 10.2. The zero-order chi connectivity index (χ0) is 20.1. The highest BCUT2D eigenvalue weighted by molar-refractivity contribution is 5.77. The number of nitrogens with zero attached hydrogens (tertiary/aromatic N) is 3. The van der Waals surface area contributed by atoms with Crippen LogP contribution in [0.1, 0.15) is 12.0 Å². The van der Waals surface area contributed by atoms with E-state index in [1.165, 1.54) is 10.6 Å². The van der Waals surface area contributed by atoms with Gasteiger partial charge in [-0.2, -0.15) is 0 Å². The molecule has 3 aromatic rings. The van der Waals surface area contributed by atoms with E-state index in [1.807, 2.05) is 25.1 Å². The average Bonchev–Trinajstić information content (AvgIpc) is 2.99. The van der Waals surface area contributed by atoms with Crippen LogP contribution < -0.4 is 5.76 Å². The van der Waals surface area contributed by atoms with E-state index >= 15 is 0 Å². The summed E-state index contributed by atoms with van der Waals surface area (Å²) in [5, 5.41) is 0. The van der Waals surface area contributed by atoms with Crippen LogP contribution in [0.25, 0.3) is 11.1 Å². The van der Waals surface area contributed by atoms with Crippen LogP contribution in [0.15, 0.2) is 57.7 Å². The second kappa shape index (κ2) is 8.84. The molecule has 1 aromatic heterocycles. The Morgan fingerprint density at radius 1 is 1.07 bits per heavy atom. The van der Waals surface area contributed by atoms with Crippen molar-refractivity contribution >= 4 is 17.0 Å².